The number of fused-ring (bicyclic) bond motifs is 5. The van der Waals surface area contributed by atoms with Crippen LogP contribution in [0.3, 0.4) is 0 Å². The quantitative estimate of drug-likeness (QED) is 0.406. The molecule has 3 aliphatic rings. The van der Waals surface area contributed by atoms with E-state index in [1.807, 2.05) is 0 Å². The van der Waals surface area contributed by atoms with Crippen molar-refractivity contribution < 1.29 is 4.39 Å². The third-order valence-corrected chi connectivity index (χ3v) is 7.27. The fourth-order valence-electron chi connectivity index (χ4n) is 6.14. The highest BCUT2D eigenvalue weighted by molar-refractivity contribution is 5.45. The molecule has 1 heteroatoms. The predicted molar refractivity (Wildman–Crippen MR) is 97.3 cm³/mol. The smallest absolute Gasteiger partial charge is 0.139 e. The molecule has 2 fully saturated rings. The monoisotopic (exact) mass is 322 g/mol. The minimum atomic E-state index is -0.140. The largest absolute Gasteiger partial charge is 0.206 e. The molecule has 0 saturated heterocycles. The molecular weight excluding hydrogens is 295 g/mol. The van der Waals surface area contributed by atoms with E-state index in [2.05, 4.69) is 37.8 Å². The first-order valence-corrected chi connectivity index (χ1v) is 9.49. The first-order valence-electron chi connectivity index (χ1n) is 9.49. The van der Waals surface area contributed by atoms with Gasteiger partial charge in [-0.1, -0.05) is 24.5 Å². The fourth-order valence-corrected chi connectivity index (χ4v) is 6.14. The second kappa shape index (κ2) is 5.76. The minimum absolute atomic E-state index is 0.140. The third kappa shape index (κ3) is 2.19. The van der Waals surface area contributed by atoms with Crippen LogP contribution in [0.1, 0.15) is 75.5 Å². The second-order valence-electron chi connectivity index (χ2n) is 8.13. The Bertz CT molecular complexity index is 760. The number of rotatable bonds is 0. The van der Waals surface area contributed by atoms with E-state index in [1.54, 1.807) is 18.6 Å². The standard InChI is InChI=1S/C23H27F/c1-4-6-16-13-20-15(14-22(16)24)7-9-19-18(20)11-12-23(3)17(5-2)8-10-21(19)23/h5,13-14,18-19,21H,7-12H2,1-3H3/b17-5-/t18?,19?,21?,23-/m1/s1. The van der Waals surface area contributed by atoms with Crippen LogP contribution in [0.2, 0.25) is 0 Å². The van der Waals surface area contributed by atoms with Crippen molar-refractivity contribution in [3.05, 3.63) is 46.3 Å². The van der Waals surface area contributed by atoms with Crippen LogP contribution >= 0.6 is 0 Å². The Balaban J connectivity index is 1.74. The van der Waals surface area contributed by atoms with E-state index in [9.17, 15) is 4.39 Å². The van der Waals surface area contributed by atoms with Gasteiger partial charge < -0.3 is 0 Å². The number of halogens is 1. The highest BCUT2D eigenvalue weighted by atomic mass is 19.1. The van der Waals surface area contributed by atoms with Gasteiger partial charge in [0.2, 0.25) is 0 Å². The molecule has 1 aromatic rings. The summed E-state index contributed by atoms with van der Waals surface area (Å²) in [5, 5.41) is 0. The highest BCUT2D eigenvalue weighted by Crippen LogP contribution is 2.62. The van der Waals surface area contributed by atoms with Gasteiger partial charge in [0.15, 0.2) is 0 Å². The lowest BCUT2D eigenvalue weighted by molar-refractivity contribution is 0.0813. The molecule has 0 radical (unpaired) electrons. The zero-order chi connectivity index (χ0) is 16.9. The fraction of sp³-hybridized carbons (Fsp3) is 0.565. The number of hydrogen-bond acceptors (Lipinski definition) is 0. The second-order valence-corrected chi connectivity index (χ2v) is 8.13. The summed E-state index contributed by atoms with van der Waals surface area (Å²) >= 11 is 0. The van der Waals surface area contributed by atoms with Gasteiger partial charge in [-0.3, -0.25) is 0 Å². The average molecular weight is 322 g/mol. The summed E-state index contributed by atoms with van der Waals surface area (Å²) in [6.45, 7) is 6.50. The molecule has 0 bridgehead atoms. The van der Waals surface area contributed by atoms with Gasteiger partial charge in [-0.25, -0.2) is 4.39 Å². The Hall–Kier alpha value is -1.55. The summed E-state index contributed by atoms with van der Waals surface area (Å²) in [5.41, 5.74) is 5.34. The van der Waals surface area contributed by atoms with Crippen LogP contribution in [0.5, 0.6) is 0 Å². The van der Waals surface area contributed by atoms with E-state index in [0.29, 0.717) is 16.9 Å². The normalized spacial score (nSPS) is 35.7. The maximum atomic E-state index is 14.3. The molecule has 0 spiro atoms. The summed E-state index contributed by atoms with van der Waals surface area (Å²) in [7, 11) is 0. The van der Waals surface area contributed by atoms with Gasteiger partial charge in [-0.2, -0.15) is 0 Å². The molecule has 1 aromatic carbocycles. The van der Waals surface area contributed by atoms with Crippen LogP contribution in [0.25, 0.3) is 0 Å². The van der Waals surface area contributed by atoms with E-state index < -0.39 is 0 Å². The molecule has 2 saturated carbocycles. The highest BCUT2D eigenvalue weighted by Gasteiger charge is 2.52. The lowest BCUT2D eigenvalue weighted by Gasteiger charge is -2.49. The zero-order valence-electron chi connectivity index (χ0n) is 15.1. The molecule has 3 aliphatic carbocycles. The molecule has 4 atom stereocenters. The van der Waals surface area contributed by atoms with Crippen molar-refractivity contribution in [2.75, 3.05) is 0 Å². The summed E-state index contributed by atoms with van der Waals surface area (Å²) in [6.07, 6.45) is 9.79. The topological polar surface area (TPSA) is 0 Å². The first kappa shape index (κ1) is 15.9. The Labute approximate surface area is 145 Å². The molecule has 24 heavy (non-hydrogen) atoms. The molecule has 0 heterocycles. The number of hydrogen-bond donors (Lipinski definition) is 0. The SMILES string of the molecule is CC#Cc1cc2c(cc1F)CCC1C2CC[C@]2(C)/C(=C\C)CCC12. The van der Waals surface area contributed by atoms with Crippen LogP contribution in [0, 0.1) is 34.9 Å². The number of benzene rings is 1. The van der Waals surface area contributed by atoms with Crippen molar-refractivity contribution >= 4 is 0 Å². The third-order valence-electron chi connectivity index (χ3n) is 7.27. The van der Waals surface area contributed by atoms with Crippen molar-refractivity contribution in [2.24, 2.45) is 17.3 Å². The predicted octanol–water partition coefficient (Wildman–Crippen LogP) is 6.00. The van der Waals surface area contributed by atoms with Crippen molar-refractivity contribution in [3.8, 4) is 11.8 Å². The summed E-state index contributed by atoms with van der Waals surface area (Å²) in [6, 6.07) is 3.84. The maximum Gasteiger partial charge on any atom is 0.139 e. The van der Waals surface area contributed by atoms with E-state index >= 15 is 0 Å². The maximum absolute atomic E-state index is 14.3. The van der Waals surface area contributed by atoms with E-state index in [4.69, 9.17) is 0 Å². The molecule has 0 nitrogen and oxygen atoms in total. The molecule has 0 aromatic heterocycles. The van der Waals surface area contributed by atoms with Crippen LogP contribution in [-0.2, 0) is 6.42 Å². The molecule has 4 rings (SSSR count). The van der Waals surface area contributed by atoms with Crippen molar-refractivity contribution in [3.63, 3.8) is 0 Å². The average Bonchev–Trinajstić information content (AvgIpc) is 2.92. The van der Waals surface area contributed by atoms with Crippen LogP contribution < -0.4 is 0 Å². The Morgan fingerprint density at radius 2 is 2.04 bits per heavy atom. The van der Waals surface area contributed by atoms with Crippen molar-refractivity contribution in [2.45, 2.75) is 65.2 Å². The van der Waals surface area contributed by atoms with Gasteiger partial charge in [0.05, 0.1) is 5.56 Å². The Kier molecular flexibility index (Phi) is 3.83. The zero-order valence-corrected chi connectivity index (χ0v) is 15.1. The number of allylic oxidation sites excluding steroid dienone is 2. The lowest BCUT2D eigenvalue weighted by atomic mass is 9.55. The summed E-state index contributed by atoms with van der Waals surface area (Å²) < 4.78 is 14.3. The molecule has 3 unspecified atom stereocenters. The molecule has 0 aliphatic heterocycles. The van der Waals surface area contributed by atoms with Crippen LogP contribution in [0.15, 0.2) is 23.8 Å². The van der Waals surface area contributed by atoms with E-state index in [1.165, 1.54) is 43.2 Å². The van der Waals surface area contributed by atoms with Crippen LogP contribution in [-0.4, -0.2) is 0 Å². The van der Waals surface area contributed by atoms with Crippen LogP contribution in [0.4, 0.5) is 4.39 Å². The Morgan fingerprint density at radius 3 is 2.79 bits per heavy atom. The number of aryl methyl sites for hydroxylation is 1. The lowest BCUT2D eigenvalue weighted by Crippen LogP contribution is -2.40. The molecular formula is C23H27F. The molecule has 126 valence electrons. The summed E-state index contributed by atoms with van der Waals surface area (Å²) in [5.74, 6) is 7.86. The van der Waals surface area contributed by atoms with Gasteiger partial charge in [0.25, 0.3) is 0 Å². The van der Waals surface area contributed by atoms with E-state index in [0.717, 1.165) is 18.3 Å². The summed E-state index contributed by atoms with van der Waals surface area (Å²) in [4.78, 5) is 0. The molecule has 0 amide bonds. The minimum Gasteiger partial charge on any atom is -0.206 e. The van der Waals surface area contributed by atoms with E-state index in [-0.39, 0.29) is 5.82 Å². The van der Waals surface area contributed by atoms with Gasteiger partial charge in [-0.05, 0) is 98.8 Å². The van der Waals surface area contributed by atoms with Crippen molar-refractivity contribution in [1.82, 2.24) is 0 Å². The van der Waals surface area contributed by atoms with Crippen molar-refractivity contribution in [1.29, 1.82) is 0 Å². The first-order chi connectivity index (χ1) is 11.6. The Morgan fingerprint density at radius 1 is 1.21 bits per heavy atom. The van der Waals surface area contributed by atoms with Gasteiger partial charge in [0, 0.05) is 0 Å². The van der Waals surface area contributed by atoms with Gasteiger partial charge in [-0.15, -0.1) is 5.92 Å². The van der Waals surface area contributed by atoms with Gasteiger partial charge >= 0.3 is 0 Å². The molecule has 0 N–H and O–H groups in total. The van der Waals surface area contributed by atoms with Gasteiger partial charge in [0.1, 0.15) is 5.82 Å².